The molecule has 0 aromatic heterocycles. The Kier molecular flexibility index (Phi) is 8.91. The van der Waals surface area contributed by atoms with Gasteiger partial charge in [0.15, 0.2) is 0 Å². The Balaban J connectivity index is 1.45. The highest BCUT2D eigenvalue weighted by Gasteiger charge is 2.20. The zero-order valence-electron chi connectivity index (χ0n) is 24.5. The number of benzene rings is 4. The number of hydrogen-bond acceptors (Lipinski definition) is 1. The molecule has 0 amide bonds. The van der Waals surface area contributed by atoms with Crippen molar-refractivity contribution in [2.45, 2.75) is 25.2 Å². The molecule has 0 saturated heterocycles. The second kappa shape index (κ2) is 13.7. The van der Waals surface area contributed by atoms with Crippen molar-refractivity contribution >= 4 is 11.8 Å². The molecule has 0 fully saturated rings. The van der Waals surface area contributed by atoms with Crippen LogP contribution in [0.4, 0.5) is 5.69 Å². The molecule has 0 heterocycles. The monoisotopic (exact) mass is 555 g/mol. The predicted molar refractivity (Wildman–Crippen MR) is 186 cm³/mol. The van der Waals surface area contributed by atoms with E-state index >= 15 is 0 Å². The Morgan fingerprint density at radius 3 is 2.28 bits per heavy atom. The lowest BCUT2D eigenvalue weighted by Gasteiger charge is -2.30. The van der Waals surface area contributed by atoms with Crippen LogP contribution in [0, 0.1) is 0 Å². The van der Waals surface area contributed by atoms with Crippen molar-refractivity contribution in [2.75, 3.05) is 4.90 Å². The summed E-state index contributed by atoms with van der Waals surface area (Å²) >= 11 is 0. The number of rotatable bonds is 9. The van der Waals surface area contributed by atoms with Crippen LogP contribution in [0.15, 0.2) is 182 Å². The average Bonchev–Trinajstić information content (AvgIpc) is 3.09. The van der Waals surface area contributed by atoms with E-state index < -0.39 is 0 Å². The van der Waals surface area contributed by atoms with Crippen LogP contribution in [-0.4, -0.2) is 0 Å². The van der Waals surface area contributed by atoms with Crippen LogP contribution in [0.1, 0.15) is 36.3 Å². The van der Waals surface area contributed by atoms with Gasteiger partial charge in [0.25, 0.3) is 0 Å². The van der Waals surface area contributed by atoms with Crippen LogP contribution in [0.5, 0.6) is 0 Å². The summed E-state index contributed by atoms with van der Waals surface area (Å²) in [5.74, 6) is 0.298. The van der Waals surface area contributed by atoms with Crippen LogP contribution in [0.25, 0.3) is 28.3 Å². The number of hydrogen-bond donors (Lipinski definition) is 0. The Hall–Kier alpha value is -5.14. The Morgan fingerprint density at radius 1 is 0.744 bits per heavy atom. The maximum atomic E-state index is 4.23. The fourth-order valence-electron chi connectivity index (χ4n) is 5.84. The van der Waals surface area contributed by atoms with Gasteiger partial charge in [-0.3, -0.25) is 0 Å². The van der Waals surface area contributed by atoms with Crippen molar-refractivity contribution in [3.8, 4) is 22.3 Å². The van der Waals surface area contributed by atoms with E-state index in [4.69, 9.17) is 0 Å². The highest BCUT2D eigenvalue weighted by atomic mass is 15.1. The number of allylic oxidation sites excluding steroid dienone is 10. The van der Waals surface area contributed by atoms with E-state index in [1.54, 1.807) is 0 Å². The van der Waals surface area contributed by atoms with Gasteiger partial charge < -0.3 is 4.90 Å². The van der Waals surface area contributed by atoms with Gasteiger partial charge in [-0.1, -0.05) is 140 Å². The van der Waals surface area contributed by atoms with E-state index in [0.29, 0.717) is 5.92 Å². The van der Waals surface area contributed by atoms with Crippen molar-refractivity contribution in [1.82, 2.24) is 0 Å². The highest BCUT2D eigenvalue weighted by Crippen LogP contribution is 2.39. The summed E-state index contributed by atoms with van der Waals surface area (Å²) < 4.78 is 0. The van der Waals surface area contributed by atoms with E-state index in [-0.39, 0.29) is 0 Å². The molecule has 6 rings (SSSR count). The summed E-state index contributed by atoms with van der Waals surface area (Å²) in [6, 6.07) is 36.9. The topological polar surface area (TPSA) is 3.24 Å². The van der Waals surface area contributed by atoms with E-state index in [1.807, 2.05) is 12.1 Å². The largest absolute Gasteiger partial charge is 0.311 e. The Labute approximate surface area is 256 Å². The second-order valence-electron chi connectivity index (χ2n) is 10.9. The van der Waals surface area contributed by atoms with Crippen LogP contribution < -0.4 is 4.90 Å². The zero-order chi connectivity index (χ0) is 29.3. The zero-order valence-corrected chi connectivity index (χ0v) is 24.5. The van der Waals surface area contributed by atoms with Crippen LogP contribution in [-0.2, 0) is 0 Å². The Bertz CT molecular complexity index is 1750. The normalized spacial score (nSPS) is 16.3. The lowest BCUT2D eigenvalue weighted by molar-refractivity contribution is 0.855. The molecular weight excluding hydrogens is 518 g/mol. The van der Waals surface area contributed by atoms with Gasteiger partial charge in [0.05, 0.1) is 0 Å². The standard InChI is InChI=1S/C42H37N/c1-2-38(28-15-19-33-17-7-3-8-18-33)43(39-26-13-6-14-27-39)40-29-30-41(42(32-40)35-22-11-5-12-23-35)37-25-16-24-36(31-37)34-20-9-4-10-21-34/h2-5,7-13,15-22,24-32,35H,1,6,14,23H2/b19-15+,38-28+. The molecule has 2 aliphatic rings. The summed E-state index contributed by atoms with van der Waals surface area (Å²) in [6.07, 6.45) is 27.2. The van der Waals surface area contributed by atoms with Gasteiger partial charge in [0, 0.05) is 23.0 Å². The number of anilines is 1. The molecule has 1 nitrogen and oxygen atoms in total. The summed E-state index contributed by atoms with van der Waals surface area (Å²) in [5.41, 5.74) is 10.8. The molecule has 0 spiro atoms. The van der Waals surface area contributed by atoms with E-state index in [1.165, 1.54) is 39.1 Å². The smallest absolute Gasteiger partial charge is 0.0464 e. The van der Waals surface area contributed by atoms with E-state index in [0.717, 1.165) is 30.6 Å². The Morgan fingerprint density at radius 2 is 1.53 bits per heavy atom. The van der Waals surface area contributed by atoms with Crippen molar-refractivity contribution in [1.29, 1.82) is 0 Å². The third-order valence-electron chi connectivity index (χ3n) is 8.01. The van der Waals surface area contributed by atoms with Crippen LogP contribution in [0.2, 0.25) is 0 Å². The lowest BCUT2D eigenvalue weighted by atomic mass is 9.85. The molecule has 210 valence electrons. The summed E-state index contributed by atoms with van der Waals surface area (Å²) in [4.78, 5) is 2.34. The minimum Gasteiger partial charge on any atom is -0.311 e. The molecular formula is C42H37N. The molecule has 1 atom stereocenters. The fourth-order valence-corrected chi connectivity index (χ4v) is 5.84. The SMILES string of the molecule is C=C/C(=C\C=C\c1ccccc1)N(C1=CCCC=C1)c1ccc(-c2cccc(-c3ccccc3)c2)c(C2C=CC=CC2)c1. The van der Waals surface area contributed by atoms with Gasteiger partial charge >= 0.3 is 0 Å². The minimum atomic E-state index is 0.298. The van der Waals surface area contributed by atoms with Gasteiger partial charge in [-0.2, -0.15) is 0 Å². The first-order valence-corrected chi connectivity index (χ1v) is 15.2. The first-order chi connectivity index (χ1) is 21.3. The van der Waals surface area contributed by atoms with Crippen molar-refractivity contribution < 1.29 is 0 Å². The van der Waals surface area contributed by atoms with Gasteiger partial charge in [-0.25, -0.2) is 0 Å². The molecule has 0 N–H and O–H groups in total. The maximum absolute atomic E-state index is 4.23. The van der Waals surface area contributed by atoms with E-state index in [2.05, 4.69) is 169 Å². The van der Waals surface area contributed by atoms with Gasteiger partial charge in [-0.15, -0.1) is 0 Å². The average molecular weight is 556 g/mol. The molecule has 0 bridgehead atoms. The molecule has 1 unspecified atom stereocenters. The molecule has 43 heavy (non-hydrogen) atoms. The van der Waals surface area contributed by atoms with Crippen LogP contribution >= 0.6 is 0 Å². The second-order valence-corrected chi connectivity index (χ2v) is 10.9. The molecule has 4 aromatic carbocycles. The third kappa shape index (κ3) is 6.68. The molecule has 0 radical (unpaired) electrons. The summed E-state index contributed by atoms with van der Waals surface area (Å²) in [7, 11) is 0. The molecule has 1 heteroatoms. The van der Waals surface area contributed by atoms with Gasteiger partial charge in [0.2, 0.25) is 0 Å². The van der Waals surface area contributed by atoms with E-state index in [9.17, 15) is 0 Å². The first kappa shape index (κ1) is 28.0. The molecule has 0 aliphatic heterocycles. The number of nitrogens with zero attached hydrogens (tertiary/aromatic N) is 1. The summed E-state index contributed by atoms with van der Waals surface area (Å²) in [5, 5.41) is 0. The summed E-state index contributed by atoms with van der Waals surface area (Å²) in [6.45, 7) is 4.23. The van der Waals surface area contributed by atoms with Crippen LogP contribution in [0.3, 0.4) is 0 Å². The van der Waals surface area contributed by atoms with Crippen molar-refractivity contribution in [2.24, 2.45) is 0 Å². The first-order valence-electron chi connectivity index (χ1n) is 15.2. The quantitative estimate of drug-likeness (QED) is 0.186. The van der Waals surface area contributed by atoms with Gasteiger partial charge in [-0.05, 0) is 89.1 Å². The predicted octanol–water partition coefficient (Wildman–Crippen LogP) is 11.4. The van der Waals surface area contributed by atoms with Crippen molar-refractivity contribution in [3.05, 3.63) is 193 Å². The molecule has 0 saturated carbocycles. The fraction of sp³-hybridized carbons (Fsp3) is 0.0952. The third-order valence-corrected chi connectivity index (χ3v) is 8.01. The molecule has 2 aliphatic carbocycles. The minimum absolute atomic E-state index is 0.298. The van der Waals surface area contributed by atoms with Gasteiger partial charge in [0.1, 0.15) is 0 Å². The highest BCUT2D eigenvalue weighted by molar-refractivity contribution is 5.78. The van der Waals surface area contributed by atoms with Crippen molar-refractivity contribution in [3.63, 3.8) is 0 Å². The maximum Gasteiger partial charge on any atom is 0.0464 e. The lowest BCUT2D eigenvalue weighted by Crippen LogP contribution is -2.21. The molecule has 4 aromatic rings.